The number of aromatic nitrogens is 1. The maximum Gasteiger partial charge on any atom is 0.129 e. The van der Waals surface area contributed by atoms with E-state index in [4.69, 9.17) is 6.42 Å². The SMILES string of the molecule is C#CCN(CC1CC1)c1cc(CNC(C)C)cc(C)n1. The Hall–Kier alpha value is -1.53. The van der Waals surface area contributed by atoms with E-state index in [-0.39, 0.29) is 0 Å². The lowest BCUT2D eigenvalue weighted by Gasteiger charge is -2.22. The Labute approximate surface area is 122 Å². The number of hydrogen-bond donors (Lipinski definition) is 1. The van der Waals surface area contributed by atoms with Crippen molar-refractivity contribution in [2.45, 2.75) is 46.2 Å². The molecule has 20 heavy (non-hydrogen) atoms. The average Bonchev–Trinajstić information content (AvgIpc) is 3.19. The predicted molar refractivity (Wildman–Crippen MR) is 84.7 cm³/mol. The normalized spacial score (nSPS) is 14.3. The average molecular weight is 271 g/mol. The second-order valence-electron chi connectivity index (χ2n) is 6.04. The molecular formula is C17H25N3. The van der Waals surface area contributed by atoms with Crippen molar-refractivity contribution in [2.24, 2.45) is 5.92 Å². The molecular weight excluding hydrogens is 246 g/mol. The number of nitrogens with zero attached hydrogens (tertiary/aromatic N) is 2. The van der Waals surface area contributed by atoms with E-state index in [1.807, 2.05) is 6.92 Å². The minimum Gasteiger partial charge on any atom is -0.345 e. The van der Waals surface area contributed by atoms with E-state index >= 15 is 0 Å². The van der Waals surface area contributed by atoms with Gasteiger partial charge in [0.2, 0.25) is 0 Å². The molecule has 0 atom stereocenters. The third kappa shape index (κ3) is 4.54. The summed E-state index contributed by atoms with van der Waals surface area (Å²) in [5, 5.41) is 3.45. The van der Waals surface area contributed by atoms with Crippen molar-refractivity contribution in [1.82, 2.24) is 10.3 Å². The van der Waals surface area contributed by atoms with Crippen LogP contribution in [0.15, 0.2) is 12.1 Å². The van der Waals surface area contributed by atoms with E-state index in [0.29, 0.717) is 12.6 Å². The van der Waals surface area contributed by atoms with Gasteiger partial charge < -0.3 is 10.2 Å². The van der Waals surface area contributed by atoms with Crippen molar-refractivity contribution in [1.29, 1.82) is 0 Å². The molecule has 0 aliphatic heterocycles. The van der Waals surface area contributed by atoms with Gasteiger partial charge in [0, 0.05) is 24.8 Å². The minimum atomic E-state index is 0.486. The first-order chi connectivity index (χ1) is 9.58. The van der Waals surface area contributed by atoms with Crippen LogP contribution in [0.2, 0.25) is 0 Å². The van der Waals surface area contributed by atoms with Gasteiger partial charge in [0.15, 0.2) is 0 Å². The Bertz CT molecular complexity index is 483. The molecule has 1 heterocycles. The van der Waals surface area contributed by atoms with E-state index in [1.165, 1.54) is 18.4 Å². The Kier molecular flexibility index (Phi) is 5.03. The molecule has 0 unspecified atom stereocenters. The lowest BCUT2D eigenvalue weighted by atomic mass is 10.2. The summed E-state index contributed by atoms with van der Waals surface area (Å²) < 4.78 is 0. The van der Waals surface area contributed by atoms with Crippen molar-refractivity contribution in [2.75, 3.05) is 18.0 Å². The molecule has 108 valence electrons. The van der Waals surface area contributed by atoms with Gasteiger partial charge in [0.05, 0.1) is 6.54 Å². The van der Waals surface area contributed by atoms with Crippen molar-refractivity contribution in [3.63, 3.8) is 0 Å². The maximum absolute atomic E-state index is 5.51. The molecule has 1 saturated carbocycles. The molecule has 1 aliphatic carbocycles. The highest BCUT2D eigenvalue weighted by atomic mass is 15.2. The van der Waals surface area contributed by atoms with Crippen LogP contribution in [0.25, 0.3) is 0 Å². The summed E-state index contributed by atoms with van der Waals surface area (Å²) in [4.78, 5) is 6.90. The van der Waals surface area contributed by atoms with Crippen LogP contribution in [0.1, 0.15) is 37.9 Å². The number of pyridine rings is 1. The minimum absolute atomic E-state index is 0.486. The van der Waals surface area contributed by atoms with Crippen molar-refractivity contribution in [3.05, 3.63) is 23.4 Å². The van der Waals surface area contributed by atoms with Crippen molar-refractivity contribution >= 4 is 5.82 Å². The van der Waals surface area contributed by atoms with Crippen LogP contribution in [-0.4, -0.2) is 24.1 Å². The summed E-state index contributed by atoms with van der Waals surface area (Å²) in [6.07, 6.45) is 8.16. The van der Waals surface area contributed by atoms with Gasteiger partial charge in [-0.3, -0.25) is 0 Å². The number of aryl methyl sites for hydroxylation is 1. The van der Waals surface area contributed by atoms with E-state index in [0.717, 1.165) is 30.5 Å². The Balaban J connectivity index is 2.13. The van der Waals surface area contributed by atoms with E-state index in [1.54, 1.807) is 0 Å². The fourth-order valence-corrected chi connectivity index (χ4v) is 2.27. The number of anilines is 1. The Morgan fingerprint density at radius 1 is 1.45 bits per heavy atom. The Morgan fingerprint density at radius 3 is 2.80 bits per heavy atom. The molecule has 0 aromatic carbocycles. The number of rotatable bonds is 7. The van der Waals surface area contributed by atoms with Crippen LogP contribution >= 0.6 is 0 Å². The zero-order chi connectivity index (χ0) is 14.5. The first-order valence-electron chi connectivity index (χ1n) is 7.48. The first-order valence-corrected chi connectivity index (χ1v) is 7.48. The van der Waals surface area contributed by atoms with Gasteiger partial charge in [-0.2, -0.15) is 0 Å². The largest absolute Gasteiger partial charge is 0.345 e. The van der Waals surface area contributed by atoms with Crippen molar-refractivity contribution < 1.29 is 0 Å². The fourth-order valence-electron chi connectivity index (χ4n) is 2.27. The third-order valence-electron chi connectivity index (χ3n) is 3.50. The monoisotopic (exact) mass is 271 g/mol. The van der Waals surface area contributed by atoms with Gasteiger partial charge in [0.1, 0.15) is 5.82 Å². The standard InChI is InChI=1S/C17H25N3/c1-5-8-20(12-15-6-7-15)17-10-16(9-14(4)19-17)11-18-13(2)3/h1,9-10,13,15,18H,6-8,11-12H2,2-4H3. The molecule has 0 bridgehead atoms. The molecule has 1 aromatic heterocycles. The van der Waals surface area contributed by atoms with Crippen LogP contribution in [-0.2, 0) is 6.54 Å². The van der Waals surface area contributed by atoms with Gasteiger partial charge >= 0.3 is 0 Å². The first kappa shape index (κ1) is 14.9. The number of hydrogen-bond acceptors (Lipinski definition) is 3. The number of terminal acetylenes is 1. The van der Waals surface area contributed by atoms with Crippen LogP contribution in [0.5, 0.6) is 0 Å². The second kappa shape index (κ2) is 6.76. The predicted octanol–water partition coefficient (Wildman–Crippen LogP) is 2.74. The summed E-state index contributed by atoms with van der Waals surface area (Å²) in [7, 11) is 0. The summed E-state index contributed by atoms with van der Waals surface area (Å²) >= 11 is 0. The molecule has 0 saturated heterocycles. The lowest BCUT2D eigenvalue weighted by Crippen LogP contribution is -2.28. The summed E-state index contributed by atoms with van der Waals surface area (Å²) in [5.41, 5.74) is 2.33. The van der Waals surface area contributed by atoms with Gasteiger partial charge in [-0.15, -0.1) is 6.42 Å². The van der Waals surface area contributed by atoms with Crippen LogP contribution in [0, 0.1) is 25.2 Å². The molecule has 0 radical (unpaired) electrons. The molecule has 1 aliphatic rings. The zero-order valence-electron chi connectivity index (χ0n) is 12.8. The highest BCUT2D eigenvalue weighted by Gasteiger charge is 2.24. The summed E-state index contributed by atoms with van der Waals surface area (Å²) in [6, 6.07) is 4.80. The maximum atomic E-state index is 5.51. The quantitative estimate of drug-likeness (QED) is 0.773. The highest BCUT2D eigenvalue weighted by Crippen LogP contribution is 2.31. The van der Waals surface area contributed by atoms with Crippen molar-refractivity contribution in [3.8, 4) is 12.3 Å². The summed E-state index contributed by atoms with van der Waals surface area (Å²) in [6.45, 7) is 8.93. The second-order valence-corrected chi connectivity index (χ2v) is 6.04. The molecule has 1 fully saturated rings. The van der Waals surface area contributed by atoms with E-state index < -0.39 is 0 Å². The highest BCUT2D eigenvalue weighted by molar-refractivity contribution is 5.44. The van der Waals surface area contributed by atoms with Crippen LogP contribution in [0.4, 0.5) is 5.82 Å². The van der Waals surface area contributed by atoms with E-state index in [2.05, 4.69) is 47.1 Å². The Morgan fingerprint density at radius 2 is 2.20 bits per heavy atom. The molecule has 2 rings (SSSR count). The molecule has 1 aromatic rings. The van der Waals surface area contributed by atoms with Gasteiger partial charge in [0.25, 0.3) is 0 Å². The fraction of sp³-hybridized carbons (Fsp3) is 0.588. The smallest absolute Gasteiger partial charge is 0.129 e. The lowest BCUT2D eigenvalue weighted by molar-refractivity contribution is 0.588. The topological polar surface area (TPSA) is 28.2 Å². The van der Waals surface area contributed by atoms with Crippen LogP contribution < -0.4 is 10.2 Å². The van der Waals surface area contributed by atoms with E-state index in [9.17, 15) is 0 Å². The molecule has 3 heteroatoms. The molecule has 1 N–H and O–H groups in total. The van der Waals surface area contributed by atoms with Gasteiger partial charge in [-0.1, -0.05) is 19.8 Å². The van der Waals surface area contributed by atoms with Gasteiger partial charge in [-0.25, -0.2) is 4.98 Å². The molecule has 0 amide bonds. The molecule has 3 nitrogen and oxygen atoms in total. The molecule has 0 spiro atoms. The zero-order valence-corrected chi connectivity index (χ0v) is 12.8. The number of nitrogens with one attached hydrogen (secondary N) is 1. The van der Waals surface area contributed by atoms with Crippen LogP contribution in [0.3, 0.4) is 0 Å². The summed E-state index contributed by atoms with van der Waals surface area (Å²) in [5.74, 6) is 4.59. The third-order valence-corrected chi connectivity index (χ3v) is 3.50. The van der Waals surface area contributed by atoms with Gasteiger partial charge in [-0.05, 0) is 43.4 Å².